The highest BCUT2D eigenvalue weighted by Gasteiger charge is 2.09. The molecule has 0 bridgehead atoms. The molecule has 19 heavy (non-hydrogen) atoms. The van der Waals surface area contributed by atoms with Crippen molar-refractivity contribution in [3.05, 3.63) is 0 Å². The highest BCUT2D eigenvalue weighted by atomic mass is 16.5. The number of anilines is 2. The van der Waals surface area contributed by atoms with Crippen molar-refractivity contribution < 1.29 is 4.74 Å². The molecule has 0 aromatic carbocycles. The van der Waals surface area contributed by atoms with Crippen LogP contribution in [0.1, 0.15) is 47.0 Å². The van der Waals surface area contributed by atoms with E-state index in [1.165, 1.54) is 0 Å². The van der Waals surface area contributed by atoms with Crippen LogP contribution >= 0.6 is 0 Å². The first-order valence-electron chi connectivity index (χ1n) is 7.08. The van der Waals surface area contributed by atoms with E-state index in [9.17, 15) is 0 Å². The van der Waals surface area contributed by atoms with Crippen LogP contribution in [0.5, 0.6) is 6.01 Å². The van der Waals surface area contributed by atoms with Gasteiger partial charge in [-0.15, -0.1) is 0 Å². The molecule has 6 nitrogen and oxygen atoms in total. The van der Waals surface area contributed by atoms with Gasteiger partial charge in [-0.25, -0.2) is 0 Å². The van der Waals surface area contributed by atoms with E-state index in [0.29, 0.717) is 30.6 Å². The molecule has 0 aliphatic carbocycles. The number of nitrogens with one attached hydrogen (secondary N) is 2. The van der Waals surface area contributed by atoms with Crippen LogP contribution in [0.15, 0.2) is 0 Å². The summed E-state index contributed by atoms with van der Waals surface area (Å²) in [6, 6.07) is 0.697. The van der Waals surface area contributed by atoms with Crippen molar-refractivity contribution in [1.29, 1.82) is 0 Å². The Hall–Kier alpha value is -1.59. The van der Waals surface area contributed by atoms with E-state index in [0.717, 1.165) is 25.8 Å². The SMILES string of the molecule is CCCNc1nc(NC(C)CCC)nc(OCC)n1. The molecule has 1 aromatic rings. The predicted molar refractivity (Wildman–Crippen MR) is 77.8 cm³/mol. The maximum atomic E-state index is 5.37. The van der Waals surface area contributed by atoms with Crippen molar-refractivity contribution >= 4 is 11.9 Å². The predicted octanol–water partition coefficient (Wildman–Crippen LogP) is 2.69. The van der Waals surface area contributed by atoms with E-state index in [1.807, 2.05) is 6.92 Å². The van der Waals surface area contributed by atoms with Gasteiger partial charge in [0.25, 0.3) is 0 Å². The quantitative estimate of drug-likeness (QED) is 0.716. The Kier molecular flexibility index (Phi) is 6.92. The number of nitrogens with zero attached hydrogens (tertiary/aromatic N) is 3. The van der Waals surface area contributed by atoms with Crippen LogP contribution in [0.4, 0.5) is 11.9 Å². The Balaban J connectivity index is 2.79. The van der Waals surface area contributed by atoms with Gasteiger partial charge in [-0.1, -0.05) is 20.3 Å². The van der Waals surface area contributed by atoms with Crippen molar-refractivity contribution in [2.24, 2.45) is 0 Å². The van der Waals surface area contributed by atoms with Crippen LogP contribution in [0, 0.1) is 0 Å². The third-order valence-electron chi connectivity index (χ3n) is 2.52. The fourth-order valence-corrected chi connectivity index (χ4v) is 1.66. The van der Waals surface area contributed by atoms with Gasteiger partial charge in [0, 0.05) is 12.6 Å². The molecule has 0 spiro atoms. The summed E-state index contributed by atoms with van der Waals surface area (Å²) in [4.78, 5) is 12.8. The fourth-order valence-electron chi connectivity index (χ4n) is 1.66. The van der Waals surface area contributed by atoms with Gasteiger partial charge in [-0.2, -0.15) is 15.0 Å². The van der Waals surface area contributed by atoms with Gasteiger partial charge in [0.1, 0.15) is 0 Å². The van der Waals surface area contributed by atoms with E-state index < -0.39 is 0 Å². The topological polar surface area (TPSA) is 72.0 Å². The Bertz CT molecular complexity index is 372. The minimum Gasteiger partial charge on any atom is -0.464 e. The molecule has 6 heteroatoms. The van der Waals surface area contributed by atoms with Gasteiger partial charge >= 0.3 is 6.01 Å². The van der Waals surface area contributed by atoms with E-state index in [4.69, 9.17) is 4.74 Å². The van der Waals surface area contributed by atoms with Crippen LogP contribution in [0.3, 0.4) is 0 Å². The molecule has 0 fully saturated rings. The van der Waals surface area contributed by atoms with E-state index in [1.54, 1.807) is 0 Å². The zero-order valence-corrected chi connectivity index (χ0v) is 12.4. The van der Waals surface area contributed by atoms with Gasteiger partial charge in [0.2, 0.25) is 11.9 Å². The molecule has 0 amide bonds. The van der Waals surface area contributed by atoms with Crippen LogP contribution in [0.25, 0.3) is 0 Å². The summed E-state index contributed by atoms with van der Waals surface area (Å²) in [7, 11) is 0. The van der Waals surface area contributed by atoms with Gasteiger partial charge in [-0.05, 0) is 26.7 Å². The lowest BCUT2D eigenvalue weighted by Gasteiger charge is -2.14. The molecule has 1 unspecified atom stereocenters. The molecule has 0 saturated heterocycles. The van der Waals surface area contributed by atoms with E-state index in [2.05, 4.69) is 46.4 Å². The average molecular weight is 267 g/mol. The number of rotatable bonds is 9. The smallest absolute Gasteiger partial charge is 0.323 e. The molecule has 0 aliphatic rings. The molecule has 1 heterocycles. The van der Waals surface area contributed by atoms with Crippen molar-refractivity contribution in [3.8, 4) is 6.01 Å². The zero-order valence-electron chi connectivity index (χ0n) is 12.4. The molecule has 108 valence electrons. The second-order valence-electron chi connectivity index (χ2n) is 4.46. The standard InChI is InChI=1S/C13H25N5O/c1-5-8-10(4)15-12-16-11(14-9-6-2)17-13(18-12)19-7-3/h10H,5-9H2,1-4H3,(H2,14,15,16,17,18). The first-order chi connectivity index (χ1) is 9.19. The third kappa shape index (κ3) is 5.72. The second-order valence-corrected chi connectivity index (χ2v) is 4.46. The highest BCUT2D eigenvalue weighted by Crippen LogP contribution is 2.13. The number of aromatic nitrogens is 3. The van der Waals surface area contributed by atoms with Crippen molar-refractivity contribution in [3.63, 3.8) is 0 Å². The summed E-state index contributed by atoms with van der Waals surface area (Å²) < 4.78 is 5.37. The Morgan fingerprint density at radius 2 is 1.79 bits per heavy atom. The molecule has 1 rings (SSSR count). The minimum absolute atomic E-state index is 0.334. The molecular weight excluding hydrogens is 242 g/mol. The first kappa shape index (κ1) is 15.5. The summed E-state index contributed by atoms with van der Waals surface area (Å²) in [6.45, 7) is 9.66. The maximum absolute atomic E-state index is 5.37. The van der Waals surface area contributed by atoms with Gasteiger partial charge in [0.15, 0.2) is 0 Å². The molecule has 0 radical (unpaired) electrons. The molecule has 0 saturated carbocycles. The second kappa shape index (κ2) is 8.50. The number of hydrogen-bond acceptors (Lipinski definition) is 6. The van der Waals surface area contributed by atoms with E-state index in [-0.39, 0.29) is 0 Å². The van der Waals surface area contributed by atoms with Crippen LogP contribution < -0.4 is 15.4 Å². The average Bonchev–Trinajstić information content (AvgIpc) is 2.36. The lowest BCUT2D eigenvalue weighted by atomic mass is 10.2. The maximum Gasteiger partial charge on any atom is 0.323 e. The Morgan fingerprint density at radius 1 is 1.05 bits per heavy atom. The monoisotopic (exact) mass is 267 g/mol. The van der Waals surface area contributed by atoms with Crippen molar-refractivity contribution in [1.82, 2.24) is 15.0 Å². The lowest BCUT2D eigenvalue weighted by Crippen LogP contribution is -2.18. The summed E-state index contributed by atoms with van der Waals surface area (Å²) >= 11 is 0. The zero-order chi connectivity index (χ0) is 14.1. The molecule has 0 aliphatic heterocycles. The summed E-state index contributed by atoms with van der Waals surface area (Å²) in [5.74, 6) is 1.13. The summed E-state index contributed by atoms with van der Waals surface area (Å²) in [6.07, 6.45) is 3.22. The third-order valence-corrected chi connectivity index (χ3v) is 2.52. The number of ether oxygens (including phenoxy) is 1. The lowest BCUT2D eigenvalue weighted by molar-refractivity contribution is 0.312. The van der Waals surface area contributed by atoms with Crippen LogP contribution in [0.2, 0.25) is 0 Å². The highest BCUT2D eigenvalue weighted by molar-refractivity contribution is 5.36. The van der Waals surface area contributed by atoms with Crippen molar-refractivity contribution in [2.45, 2.75) is 53.0 Å². The summed E-state index contributed by atoms with van der Waals surface area (Å²) in [5.41, 5.74) is 0. The summed E-state index contributed by atoms with van der Waals surface area (Å²) in [5, 5.41) is 6.43. The van der Waals surface area contributed by atoms with Gasteiger partial charge < -0.3 is 15.4 Å². The molecule has 1 aromatic heterocycles. The first-order valence-corrected chi connectivity index (χ1v) is 7.08. The van der Waals surface area contributed by atoms with Crippen LogP contribution in [-0.4, -0.2) is 34.1 Å². The Labute approximate surface area is 115 Å². The van der Waals surface area contributed by atoms with Crippen LogP contribution in [-0.2, 0) is 0 Å². The minimum atomic E-state index is 0.334. The fraction of sp³-hybridized carbons (Fsp3) is 0.769. The Morgan fingerprint density at radius 3 is 2.42 bits per heavy atom. The molecule has 1 atom stereocenters. The van der Waals surface area contributed by atoms with Crippen molar-refractivity contribution in [2.75, 3.05) is 23.8 Å². The van der Waals surface area contributed by atoms with Gasteiger partial charge in [-0.3, -0.25) is 0 Å². The van der Waals surface area contributed by atoms with E-state index >= 15 is 0 Å². The largest absolute Gasteiger partial charge is 0.464 e. The number of hydrogen-bond donors (Lipinski definition) is 2. The normalized spacial score (nSPS) is 12.0. The molecular formula is C13H25N5O. The van der Waals surface area contributed by atoms with Gasteiger partial charge in [0.05, 0.1) is 6.61 Å². The molecule has 2 N–H and O–H groups in total.